The Hall–Kier alpha value is -0.0800. The van der Waals surface area contributed by atoms with E-state index < -0.39 is 0 Å². The Morgan fingerprint density at radius 2 is 2.20 bits per heavy atom. The highest BCUT2D eigenvalue weighted by atomic mass is 79.9. The van der Waals surface area contributed by atoms with Crippen molar-refractivity contribution in [2.45, 2.75) is 13.8 Å². The van der Waals surface area contributed by atoms with Crippen molar-refractivity contribution in [1.82, 2.24) is 0 Å². The lowest BCUT2D eigenvalue weighted by molar-refractivity contribution is 0.226. The number of halogens is 1. The summed E-state index contributed by atoms with van der Waals surface area (Å²) in [6, 6.07) is 0. The normalized spacial score (nSPS) is 14.0. The molecule has 0 aliphatic heterocycles. The van der Waals surface area contributed by atoms with Crippen LogP contribution < -0.4 is 0 Å². The van der Waals surface area contributed by atoms with Gasteiger partial charge < -0.3 is 4.74 Å². The summed E-state index contributed by atoms with van der Waals surface area (Å²) in [4.78, 5) is 0. The average molecular weight is 205 g/mol. The highest BCUT2D eigenvalue weighted by Gasteiger charge is 1.87. The minimum Gasteiger partial charge on any atom is -0.380 e. The number of hydrogen-bond donors (Lipinski definition) is 0. The van der Waals surface area contributed by atoms with Crippen molar-refractivity contribution < 1.29 is 4.74 Å². The minimum absolute atomic E-state index is 0.697. The molecule has 0 rings (SSSR count). The second-order valence-corrected chi connectivity index (χ2v) is 3.01. The molecule has 0 heterocycles. The first-order valence-corrected chi connectivity index (χ1v) is 3.98. The SMILES string of the molecule is C/C=C(Br)\C=C(/C)COC. The molecule has 0 atom stereocenters. The van der Waals surface area contributed by atoms with Crippen LogP contribution in [0.25, 0.3) is 0 Å². The topological polar surface area (TPSA) is 9.23 Å². The predicted octanol–water partition coefficient (Wildman–Crippen LogP) is 2.88. The number of allylic oxidation sites excluding steroid dienone is 3. The standard InChI is InChI=1S/C8H13BrO/c1-4-8(9)5-7(2)6-10-3/h4-5H,6H2,1-3H3/b7-5+,8-4+. The van der Waals surface area contributed by atoms with E-state index in [4.69, 9.17) is 4.74 Å². The average Bonchev–Trinajstić information content (AvgIpc) is 1.88. The summed E-state index contributed by atoms with van der Waals surface area (Å²) in [6.07, 6.45) is 4.04. The molecule has 0 aliphatic carbocycles. The number of methoxy groups -OCH3 is 1. The zero-order chi connectivity index (χ0) is 7.98. The lowest BCUT2D eigenvalue weighted by Gasteiger charge is -1.96. The largest absolute Gasteiger partial charge is 0.380 e. The molecule has 0 aliphatic rings. The van der Waals surface area contributed by atoms with E-state index in [0.29, 0.717) is 6.61 Å². The van der Waals surface area contributed by atoms with E-state index in [-0.39, 0.29) is 0 Å². The third-order valence-electron chi connectivity index (χ3n) is 1.03. The summed E-state index contributed by atoms with van der Waals surface area (Å²) in [5.74, 6) is 0. The van der Waals surface area contributed by atoms with Crippen LogP contribution in [-0.2, 0) is 4.74 Å². The summed E-state index contributed by atoms with van der Waals surface area (Å²) >= 11 is 3.38. The summed E-state index contributed by atoms with van der Waals surface area (Å²) in [7, 11) is 1.70. The maximum atomic E-state index is 4.93. The van der Waals surface area contributed by atoms with Crippen LogP contribution in [-0.4, -0.2) is 13.7 Å². The highest BCUT2D eigenvalue weighted by molar-refractivity contribution is 9.11. The summed E-state index contributed by atoms with van der Waals surface area (Å²) < 4.78 is 6.03. The second-order valence-electron chi connectivity index (χ2n) is 2.10. The first-order chi connectivity index (χ1) is 4.70. The van der Waals surface area contributed by atoms with Gasteiger partial charge in [-0.25, -0.2) is 0 Å². The van der Waals surface area contributed by atoms with Crippen molar-refractivity contribution in [3.63, 3.8) is 0 Å². The van der Waals surface area contributed by atoms with Gasteiger partial charge in [-0.3, -0.25) is 0 Å². The third-order valence-corrected chi connectivity index (χ3v) is 1.72. The molecule has 0 saturated carbocycles. The summed E-state index contributed by atoms with van der Waals surface area (Å²) in [5.41, 5.74) is 1.22. The molecule has 0 aromatic rings. The summed E-state index contributed by atoms with van der Waals surface area (Å²) in [5, 5.41) is 0. The van der Waals surface area contributed by atoms with Gasteiger partial charge in [0.15, 0.2) is 0 Å². The minimum atomic E-state index is 0.697. The molecule has 2 heteroatoms. The molecule has 1 nitrogen and oxygen atoms in total. The fourth-order valence-electron chi connectivity index (χ4n) is 0.588. The quantitative estimate of drug-likeness (QED) is 0.643. The van der Waals surface area contributed by atoms with Crippen LogP contribution in [0, 0.1) is 0 Å². The molecule has 0 aromatic carbocycles. The van der Waals surface area contributed by atoms with Gasteiger partial charge in [-0.2, -0.15) is 0 Å². The smallest absolute Gasteiger partial charge is 0.0673 e. The Bertz CT molecular complexity index is 147. The van der Waals surface area contributed by atoms with Gasteiger partial charge in [-0.05, 0) is 25.5 Å². The highest BCUT2D eigenvalue weighted by Crippen LogP contribution is 2.08. The van der Waals surface area contributed by atoms with Crippen molar-refractivity contribution in [2.24, 2.45) is 0 Å². The molecule has 0 N–H and O–H groups in total. The number of rotatable bonds is 3. The van der Waals surface area contributed by atoms with Gasteiger partial charge in [0.1, 0.15) is 0 Å². The van der Waals surface area contributed by atoms with E-state index >= 15 is 0 Å². The Kier molecular flexibility index (Phi) is 5.64. The van der Waals surface area contributed by atoms with Gasteiger partial charge in [0.05, 0.1) is 6.61 Å². The first-order valence-electron chi connectivity index (χ1n) is 3.18. The Morgan fingerprint density at radius 3 is 2.60 bits per heavy atom. The van der Waals surface area contributed by atoms with Crippen LogP contribution in [0.4, 0.5) is 0 Å². The molecular weight excluding hydrogens is 192 g/mol. The van der Waals surface area contributed by atoms with E-state index in [1.54, 1.807) is 7.11 Å². The van der Waals surface area contributed by atoms with Gasteiger partial charge in [0, 0.05) is 11.6 Å². The molecular formula is C8H13BrO. The third kappa shape index (κ3) is 4.77. The van der Waals surface area contributed by atoms with Crippen LogP contribution in [0.15, 0.2) is 22.2 Å². The molecule has 0 fully saturated rings. The molecule has 0 aromatic heterocycles. The molecule has 0 radical (unpaired) electrons. The molecule has 58 valence electrons. The molecule has 0 spiro atoms. The van der Waals surface area contributed by atoms with Crippen molar-refractivity contribution in [3.8, 4) is 0 Å². The molecule has 0 saturated heterocycles. The number of ether oxygens (including phenoxy) is 1. The monoisotopic (exact) mass is 204 g/mol. The Morgan fingerprint density at radius 1 is 1.60 bits per heavy atom. The van der Waals surface area contributed by atoms with Crippen LogP contribution in [0.1, 0.15) is 13.8 Å². The second kappa shape index (κ2) is 5.69. The van der Waals surface area contributed by atoms with E-state index in [2.05, 4.69) is 15.9 Å². The Labute approximate surface area is 70.9 Å². The van der Waals surface area contributed by atoms with Crippen LogP contribution >= 0.6 is 15.9 Å². The van der Waals surface area contributed by atoms with Crippen molar-refractivity contribution in [1.29, 1.82) is 0 Å². The van der Waals surface area contributed by atoms with Crippen molar-refractivity contribution >= 4 is 15.9 Å². The van der Waals surface area contributed by atoms with Crippen LogP contribution in [0.2, 0.25) is 0 Å². The van der Waals surface area contributed by atoms with E-state index in [9.17, 15) is 0 Å². The fraction of sp³-hybridized carbons (Fsp3) is 0.500. The lowest BCUT2D eigenvalue weighted by atomic mass is 10.3. The van der Waals surface area contributed by atoms with E-state index in [0.717, 1.165) is 4.48 Å². The lowest BCUT2D eigenvalue weighted by Crippen LogP contribution is -1.88. The maximum absolute atomic E-state index is 4.93. The van der Waals surface area contributed by atoms with E-state index in [1.165, 1.54) is 5.57 Å². The zero-order valence-electron chi connectivity index (χ0n) is 6.65. The molecule has 0 bridgehead atoms. The van der Waals surface area contributed by atoms with Gasteiger partial charge in [0.2, 0.25) is 0 Å². The first kappa shape index (κ1) is 9.92. The fourth-order valence-corrected chi connectivity index (χ4v) is 0.979. The Balaban J connectivity index is 3.90. The summed E-state index contributed by atoms with van der Waals surface area (Å²) in [6.45, 7) is 4.72. The van der Waals surface area contributed by atoms with E-state index in [1.807, 2.05) is 26.0 Å². The molecule has 0 unspecified atom stereocenters. The van der Waals surface area contributed by atoms with Gasteiger partial charge in [-0.15, -0.1) is 0 Å². The molecule has 10 heavy (non-hydrogen) atoms. The maximum Gasteiger partial charge on any atom is 0.0673 e. The van der Waals surface area contributed by atoms with Crippen LogP contribution in [0.5, 0.6) is 0 Å². The van der Waals surface area contributed by atoms with Crippen molar-refractivity contribution in [2.75, 3.05) is 13.7 Å². The van der Waals surface area contributed by atoms with Gasteiger partial charge >= 0.3 is 0 Å². The van der Waals surface area contributed by atoms with Gasteiger partial charge in [-0.1, -0.05) is 22.0 Å². The number of hydrogen-bond acceptors (Lipinski definition) is 1. The van der Waals surface area contributed by atoms with Crippen LogP contribution in [0.3, 0.4) is 0 Å². The molecule has 0 amide bonds. The van der Waals surface area contributed by atoms with Gasteiger partial charge in [0.25, 0.3) is 0 Å². The zero-order valence-corrected chi connectivity index (χ0v) is 8.23. The predicted molar refractivity (Wildman–Crippen MR) is 48.3 cm³/mol. The van der Waals surface area contributed by atoms with Crippen molar-refractivity contribution in [3.05, 3.63) is 22.2 Å².